The van der Waals surface area contributed by atoms with E-state index in [1.165, 1.54) is 6.33 Å². The molecule has 1 aromatic carbocycles. The molecule has 0 spiro atoms. The Labute approximate surface area is 97.5 Å². The van der Waals surface area contributed by atoms with Gasteiger partial charge in [-0.2, -0.15) is 5.26 Å². The second kappa shape index (κ2) is 4.60. The first kappa shape index (κ1) is 10.4. The molecule has 0 bridgehead atoms. The topological polar surface area (TPSA) is 61.6 Å². The minimum atomic E-state index is 0.369. The van der Waals surface area contributed by atoms with Crippen LogP contribution in [0, 0.1) is 11.3 Å². The van der Waals surface area contributed by atoms with Gasteiger partial charge in [-0.3, -0.25) is 0 Å². The second-order valence-corrected chi connectivity index (χ2v) is 3.43. The smallest absolute Gasteiger partial charge is 0.135 e. The zero-order chi connectivity index (χ0) is 11.4. The lowest BCUT2D eigenvalue weighted by molar-refractivity contribution is 1.17. The summed E-state index contributed by atoms with van der Waals surface area (Å²) in [5.41, 5.74) is 1.37. The van der Waals surface area contributed by atoms with E-state index in [0.717, 1.165) is 5.69 Å². The molecule has 1 heterocycles. The molecule has 0 amide bonds. The Bertz CT molecular complexity index is 548. The van der Waals surface area contributed by atoms with Crippen LogP contribution < -0.4 is 5.32 Å². The number of hydrogen-bond donors (Lipinski definition) is 1. The van der Waals surface area contributed by atoms with Crippen LogP contribution in [0.15, 0.2) is 36.7 Å². The van der Waals surface area contributed by atoms with Crippen molar-refractivity contribution >= 4 is 23.1 Å². The normalized spacial score (nSPS) is 9.50. The number of aromatic nitrogens is 2. The van der Waals surface area contributed by atoms with Gasteiger partial charge in [-0.1, -0.05) is 17.7 Å². The third-order valence-electron chi connectivity index (χ3n) is 1.90. The van der Waals surface area contributed by atoms with E-state index < -0.39 is 0 Å². The van der Waals surface area contributed by atoms with Gasteiger partial charge < -0.3 is 5.32 Å². The van der Waals surface area contributed by atoms with Gasteiger partial charge in [0.25, 0.3) is 0 Å². The van der Waals surface area contributed by atoms with E-state index >= 15 is 0 Å². The van der Waals surface area contributed by atoms with Crippen LogP contribution in [-0.2, 0) is 0 Å². The molecule has 0 fully saturated rings. The number of benzene rings is 1. The van der Waals surface area contributed by atoms with Crippen molar-refractivity contribution in [3.63, 3.8) is 0 Å². The summed E-state index contributed by atoms with van der Waals surface area (Å²) in [4.78, 5) is 7.78. The Hall–Kier alpha value is -2.12. The zero-order valence-corrected chi connectivity index (χ0v) is 8.94. The molecule has 2 aromatic rings. The van der Waals surface area contributed by atoms with E-state index in [1.54, 1.807) is 24.3 Å². The molecule has 78 valence electrons. The van der Waals surface area contributed by atoms with Gasteiger partial charge in [0.1, 0.15) is 17.3 Å². The summed E-state index contributed by atoms with van der Waals surface area (Å²) < 4.78 is 0. The van der Waals surface area contributed by atoms with E-state index in [2.05, 4.69) is 21.4 Å². The van der Waals surface area contributed by atoms with Crippen LogP contribution in [-0.4, -0.2) is 9.97 Å². The monoisotopic (exact) mass is 230 g/mol. The molecule has 0 atom stereocenters. The molecule has 1 aromatic heterocycles. The largest absolute Gasteiger partial charge is 0.340 e. The molecule has 5 heteroatoms. The van der Waals surface area contributed by atoms with E-state index in [0.29, 0.717) is 16.5 Å². The molecule has 0 aliphatic heterocycles. The molecule has 0 unspecified atom stereocenters. The number of nitrogens with one attached hydrogen (secondary N) is 1. The SMILES string of the molecule is N#Cc1cccc(Nc2cc(Cl)ncn2)c1. The van der Waals surface area contributed by atoms with Gasteiger partial charge >= 0.3 is 0 Å². The number of hydrogen-bond acceptors (Lipinski definition) is 4. The first-order chi connectivity index (χ1) is 7.78. The number of halogens is 1. The van der Waals surface area contributed by atoms with Crippen molar-refractivity contribution in [2.24, 2.45) is 0 Å². The van der Waals surface area contributed by atoms with Crippen molar-refractivity contribution in [3.05, 3.63) is 47.4 Å². The van der Waals surface area contributed by atoms with Crippen molar-refractivity contribution in [3.8, 4) is 6.07 Å². The van der Waals surface area contributed by atoms with Gasteiger partial charge in [0.2, 0.25) is 0 Å². The molecular weight excluding hydrogens is 224 g/mol. The Morgan fingerprint density at radius 1 is 1.25 bits per heavy atom. The van der Waals surface area contributed by atoms with Gasteiger partial charge in [0, 0.05) is 11.8 Å². The summed E-state index contributed by atoms with van der Waals surface area (Å²) in [6, 6.07) is 10.8. The third kappa shape index (κ3) is 2.47. The lowest BCUT2D eigenvalue weighted by atomic mass is 10.2. The lowest BCUT2D eigenvalue weighted by Gasteiger charge is -2.04. The average Bonchev–Trinajstić information content (AvgIpc) is 2.29. The van der Waals surface area contributed by atoms with E-state index in [9.17, 15) is 0 Å². The van der Waals surface area contributed by atoms with E-state index in [4.69, 9.17) is 16.9 Å². The molecule has 4 nitrogen and oxygen atoms in total. The van der Waals surface area contributed by atoms with Crippen LogP contribution in [0.25, 0.3) is 0 Å². The summed E-state index contributed by atoms with van der Waals surface area (Å²) >= 11 is 5.73. The lowest BCUT2D eigenvalue weighted by Crippen LogP contribution is -1.94. The van der Waals surface area contributed by atoms with Gasteiger partial charge in [-0.15, -0.1) is 0 Å². The fraction of sp³-hybridized carbons (Fsp3) is 0. The summed E-state index contributed by atoms with van der Waals surface area (Å²) in [6.45, 7) is 0. The van der Waals surface area contributed by atoms with E-state index in [1.807, 2.05) is 6.07 Å². The van der Waals surface area contributed by atoms with Crippen LogP contribution in [0.5, 0.6) is 0 Å². The summed E-state index contributed by atoms with van der Waals surface area (Å²) in [5.74, 6) is 0.593. The minimum Gasteiger partial charge on any atom is -0.340 e. The maximum atomic E-state index is 8.75. The maximum Gasteiger partial charge on any atom is 0.135 e. The molecule has 16 heavy (non-hydrogen) atoms. The van der Waals surface area contributed by atoms with Crippen LogP contribution >= 0.6 is 11.6 Å². The van der Waals surface area contributed by atoms with Crippen LogP contribution in [0.1, 0.15) is 5.56 Å². The maximum absolute atomic E-state index is 8.75. The zero-order valence-electron chi connectivity index (χ0n) is 8.18. The molecule has 2 rings (SSSR count). The predicted octanol–water partition coefficient (Wildman–Crippen LogP) is 2.75. The first-order valence-corrected chi connectivity index (χ1v) is 4.90. The summed E-state index contributed by atoms with van der Waals surface area (Å²) in [6.07, 6.45) is 1.37. The molecule has 1 N–H and O–H groups in total. The van der Waals surface area contributed by atoms with Crippen LogP contribution in [0.3, 0.4) is 0 Å². The average molecular weight is 231 g/mol. The van der Waals surface area contributed by atoms with Gasteiger partial charge in [0.05, 0.1) is 11.6 Å². The highest BCUT2D eigenvalue weighted by Gasteiger charge is 1.98. The summed E-state index contributed by atoms with van der Waals surface area (Å²) in [5, 5.41) is 12.1. The molecule has 0 radical (unpaired) electrons. The summed E-state index contributed by atoms with van der Waals surface area (Å²) in [7, 11) is 0. The van der Waals surface area contributed by atoms with Crippen molar-refractivity contribution < 1.29 is 0 Å². The molecular formula is C11H7ClN4. The second-order valence-electron chi connectivity index (χ2n) is 3.04. The van der Waals surface area contributed by atoms with Crippen molar-refractivity contribution in [2.75, 3.05) is 5.32 Å². The number of rotatable bonds is 2. The quantitative estimate of drug-likeness (QED) is 0.806. The van der Waals surface area contributed by atoms with Crippen molar-refractivity contribution in [2.45, 2.75) is 0 Å². The van der Waals surface area contributed by atoms with Gasteiger partial charge in [-0.25, -0.2) is 9.97 Å². The van der Waals surface area contributed by atoms with E-state index in [-0.39, 0.29) is 0 Å². The van der Waals surface area contributed by atoms with Crippen LogP contribution in [0.4, 0.5) is 11.5 Å². The van der Waals surface area contributed by atoms with Crippen molar-refractivity contribution in [1.29, 1.82) is 5.26 Å². The van der Waals surface area contributed by atoms with Crippen LogP contribution in [0.2, 0.25) is 5.15 Å². The molecule has 0 saturated heterocycles. The molecule has 0 saturated carbocycles. The van der Waals surface area contributed by atoms with Gasteiger partial charge in [-0.05, 0) is 18.2 Å². The highest BCUT2D eigenvalue weighted by Crippen LogP contribution is 2.16. The minimum absolute atomic E-state index is 0.369. The predicted molar refractivity (Wildman–Crippen MR) is 61.5 cm³/mol. The Balaban J connectivity index is 2.24. The highest BCUT2D eigenvalue weighted by atomic mass is 35.5. The third-order valence-corrected chi connectivity index (χ3v) is 2.10. The Morgan fingerprint density at radius 2 is 2.12 bits per heavy atom. The molecule has 0 aliphatic carbocycles. The van der Waals surface area contributed by atoms with Crippen molar-refractivity contribution in [1.82, 2.24) is 9.97 Å². The fourth-order valence-electron chi connectivity index (χ4n) is 1.22. The standard InChI is InChI=1S/C11H7ClN4/c12-10-5-11(15-7-14-10)16-9-3-1-2-8(4-9)6-13/h1-5,7H,(H,14,15,16). The number of nitrogens with zero attached hydrogens (tertiary/aromatic N) is 3. The first-order valence-electron chi connectivity index (χ1n) is 4.52. The molecule has 0 aliphatic rings. The Morgan fingerprint density at radius 3 is 2.88 bits per heavy atom. The Kier molecular flexibility index (Phi) is 2.99. The highest BCUT2D eigenvalue weighted by molar-refractivity contribution is 6.29. The fourth-order valence-corrected chi connectivity index (χ4v) is 1.36. The number of anilines is 2. The number of nitriles is 1. The van der Waals surface area contributed by atoms with Gasteiger partial charge in [0.15, 0.2) is 0 Å².